The van der Waals surface area contributed by atoms with Gasteiger partial charge in [-0.15, -0.1) is 0 Å². The molecule has 1 heterocycles. The molecular weight excluding hydrogens is 374 g/mol. The summed E-state index contributed by atoms with van der Waals surface area (Å²) in [6.07, 6.45) is 6.61. The van der Waals surface area contributed by atoms with E-state index in [4.69, 9.17) is 9.15 Å². The monoisotopic (exact) mass is 407 g/mol. The highest BCUT2D eigenvalue weighted by molar-refractivity contribution is 5.91. The van der Waals surface area contributed by atoms with Crippen molar-refractivity contribution in [2.75, 3.05) is 0 Å². The smallest absolute Gasteiger partial charge is 0.287 e. The lowest BCUT2D eigenvalue weighted by molar-refractivity contribution is -0.0123. The first-order valence-corrected chi connectivity index (χ1v) is 11.6. The summed E-state index contributed by atoms with van der Waals surface area (Å²) in [5.74, 6) is 5.43. The number of carbonyl (C=O) groups is 1. The molecule has 0 saturated heterocycles. The molecule has 6 rings (SSSR count). The van der Waals surface area contributed by atoms with Crippen LogP contribution in [0.2, 0.25) is 0 Å². The first-order chi connectivity index (χ1) is 14.5. The van der Waals surface area contributed by atoms with Crippen LogP contribution < -0.4 is 10.1 Å². The van der Waals surface area contributed by atoms with Crippen molar-refractivity contribution >= 4 is 5.91 Å². The topological polar surface area (TPSA) is 51.5 Å². The number of hydrogen-bond acceptors (Lipinski definition) is 3. The molecule has 4 fully saturated rings. The molecule has 0 spiro atoms. The molecule has 4 aliphatic carbocycles. The summed E-state index contributed by atoms with van der Waals surface area (Å²) in [5, 5.41) is 3.32. The van der Waals surface area contributed by atoms with Crippen molar-refractivity contribution in [2.45, 2.75) is 71.4 Å². The third-order valence-corrected chi connectivity index (χ3v) is 7.57. The Morgan fingerprint density at radius 2 is 1.77 bits per heavy atom. The Balaban J connectivity index is 1.22. The number of carbonyl (C=O) groups excluding carboxylic acids is 1. The molecule has 4 aliphatic rings. The lowest BCUT2D eigenvalue weighted by Crippen LogP contribution is -2.55. The van der Waals surface area contributed by atoms with Crippen LogP contribution in [0.1, 0.15) is 79.3 Å². The quantitative estimate of drug-likeness (QED) is 0.654. The predicted octanol–water partition coefficient (Wildman–Crippen LogP) is 5.84. The highest BCUT2D eigenvalue weighted by Gasteiger charge is 2.48. The molecule has 1 aromatic carbocycles. The Bertz CT molecular complexity index is 900. The van der Waals surface area contributed by atoms with E-state index in [1.54, 1.807) is 6.07 Å². The Morgan fingerprint density at radius 1 is 1.07 bits per heavy atom. The molecule has 160 valence electrons. The highest BCUT2D eigenvalue weighted by atomic mass is 16.5. The van der Waals surface area contributed by atoms with Gasteiger partial charge in [-0.05, 0) is 97.9 Å². The fourth-order valence-corrected chi connectivity index (χ4v) is 6.35. The van der Waals surface area contributed by atoms with Gasteiger partial charge in [-0.25, -0.2) is 0 Å². The van der Waals surface area contributed by atoms with Gasteiger partial charge >= 0.3 is 0 Å². The molecule has 0 aliphatic heterocycles. The van der Waals surface area contributed by atoms with Crippen molar-refractivity contribution in [3.63, 3.8) is 0 Å². The normalized spacial score (nSPS) is 29.4. The van der Waals surface area contributed by atoms with Crippen LogP contribution in [-0.2, 0) is 6.61 Å². The number of aryl methyl sites for hydroxylation is 1. The van der Waals surface area contributed by atoms with Gasteiger partial charge in [0.05, 0.1) is 0 Å². The van der Waals surface area contributed by atoms with Gasteiger partial charge in [-0.1, -0.05) is 26.0 Å². The van der Waals surface area contributed by atoms with Gasteiger partial charge in [0.2, 0.25) is 0 Å². The van der Waals surface area contributed by atoms with Gasteiger partial charge in [-0.2, -0.15) is 0 Å². The zero-order valence-electron chi connectivity index (χ0n) is 18.3. The third-order valence-electron chi connectivity index (χ3n) is 7.57. The molecular formula is C26H33NO3. The zero-order chi connectivity index (χ0) is 20.8. The number of ether oxygens (including phenoxy) is 1. The molecule has 4 nitrogen and oxygen atoms in total. The van der Waals surface area contributed by atoms with Gasteiger partial charge in [-0.3, -0.25) is 4.79 Å². The first kappa shape index (κ1) is 19.7. The molecule has 1 amide bonds. The zero-order valence-corrected chi connectivity index (χ0v) is 18.3. The SMILES string of the molecule is Cc1ccc(C(C)C)c(OCc2ccc(C(=O)NC3C4CC5CC(C4)CC3C5)o2)c1. The Hall–Kier alpha value is -2.23. The van der Waals surface area contributed by atoms with Crippen LogP contribution in [0.4, 0.5) is 0 Å². The summed E-state index contributed by atoms with van der Waals surface area (Å²) in [6, 6.07) is 10.3. The number of rotatable bonds is 6. The van der Waals surface area contributed by atoms with E-state index < -0.39 is 0 Å². The Morgan fingerprint density at radius 3 is 2.43 bits per heavy atom. The van der Waals surface area contributed by atoms with Gasteiger partial charge in [0.25, 0.3) is 5.91 Å². The maximum Gasteiger partial charge on any atom is 0.287 e. The third kappa shape index (κ3) is 3.77. The molecule has 1 aromatic heterocycles. The van der Waals surface area contributed by atoms with E-state index in [9.17, 15) is 4.79 Å². The molecule has 1 N–H and O–H groups in total. The van der Waals surface area contributed by atoms with Crippen LogP contribution in [-0.4, -0.2) is 11.9 Å². The molecule has 0 radical (unpaired) electrons. The lowest BCUT2D eigenvalue weighted by Gasteiger charge is -2.54. The second-order valence-electron chi connectivity index (χ2n) is 10.2. The first-order valence-electron chi connectivity index (χ1n) is 11.6. The van der Waals surface area contributed by atoms with E-state index in [1.165, 1.54) is 43.2 Å². The standard InChI is InChI=1S/C26H33NO3/c1-15(2)22-6-4-16(3)8-24(22)29-14-21-5-7-23(30-21)26(28)27-25-19-10-17-9-18(12-19)13-20(25)11-17/h4-8,15,17-20,25H,9-14H2,1-3H3,(H,27,28). The van der Waals surface area contributed by atoms with E-state index in [0.717, 1.165) is 17.6 Å². The number of amides is 1. The van der Waals surface area contributed by atoms with Gasteiger partial charge in [0.15, 0.2) is 5.76 Å². The van der Waals surface area contributed by atoms with Crippen molar-refractivity contribution in [1.82, 2.24) is 5.32 Å². The van der Waals surface area contributed by atoms with Crippen molar-refractivity contribution in [3.05, 3.63) is 53.0 Å². The molecule has 0 atom stereocenters. The number of furan rings is 1. The summed E-state index contributed by atoms with van der Waals surface area (Å²) < 4.78 is 11.9. The predicted molar refractivity (Wildman–Crippen MR) is 117 cm³/mol. The highest BCUT2D eigenvalue weighted by Crippen LogP contribution is 2.53. The molecule has 4 saturated carbocycles. The number of nitrogens with one attached hydrogen (secondary N) is 1. The van der Waals surface area contributed by atoms with Crippen molar-refractivity contribution in [2.24, 2.45) is 23.7 Å². The molecule has 2 aromatic rings. The minimum Gasteiger partial charge on any atom is -0.485 e. The van der Waals surface area contributed by atoms with E-state index in [-0.39, 0.29) is 5.91 Å². The average Bonchev–Trinajstić information content (AvgIpc) is 3.17. The largest absolute Gasteiger partial charge is 0.485 e. The van der Waals surface area contributed by atoms with Crippen LogP contribution >= 0.6 is 0 Å². The maximum atomic E-state index is 12.9. The molecule has 4 heteroatoms. The second kappa shape index (κ2) is 7.79. The van der Waals surface area contributed by atoms with Crippen LogP contribution in [0.3, 0.4) is 0 Å². The van der Waals surface area contributed by atoms with E-state index in [0.29, 0.717) is 41.9 Å². The van der Waals surface area contributed by atoms with Gasteiger partial charge in [0.1, 0.15) is 18.1 Å². The average molecular weight is 408 g/mol. The molecule has 30 heavy (non-hydrogen) atoms. The number of benzene rings is 1. The van der Waals surface area contributed by atoms with Crippen LogP contribution in [0, 0.1) is 30.6 Å². The van der Waals surface area contributed by atoms with Crippen molar-refractivity contribution in [3.8, 4) is 5.75 Å². The van der Waals surface area contributed by atoms with Crippen LogP contribution in [0.5, 0.6) is 5.75 Å². The van der Waals surface area contributed by atoms with Crippen molar-refractivity contribution < 1.29 is 13.9 Å². The summed E-state index contributed by atoms with van der Waals surface area (Å²) in [6.45, 7) is 6.72. The molecule has 0 unspecified atom stereocenters. The van der Waals surface area contributed by atoms with Crippen LogP contribution in [0.15, 0.2) is 34.7 Å². The lowest BCUT2D eigenvalue weighted by atomic mass is 9.54. The summed E-state index contributed by atoms with van der Waals surface area (Å²) in [4.78, 5) is 12.9. The van der Waals surface area contributed by atoms with Gasteiger partial charge < -0.3 is 14.5 Å². The number of hydrogen-bond donors (Lipinski definition) is 1. The summed E-state index contributed by atoms with van der Waals surface area (Å²) in [7, 11) is 0. The fraction of sp³-hybridized carbons (Fsp3) is 0.577. The van der Waals surface area contributed by atoms with E-state index in [2.05, 4.69) is 44.3 Å². The van der Waals surface area contributed by atoms with E-state index >= 15 is 0 Å². The Kier molecular flexibility index (Phi) is 5.12. The minimum atomic E-state index is -0.0721. The summed E-state index contributed by atoms with van der Waals surface area (Å²) in [5.41, 5.74) is 2.36. The minimum absolute atomic E-state index is 0.0721. The Labute approximate surface area is 179 Å². The van der Waals surface area contributed by atoms with Crippen LogP contribution in [0.25, 0.3) is 0 Å². The van der Waals surface area contributed by atoms with E-state index in [1.807, 2.05) is 6.07 Å². The maximum absolute atomic E-state index is 12.9. The molecule has 4 bridgehead atoms. The second-order valence-corrected chi connectivity index (χ2v) is 10.2. The van der Waals surface area contributed by atoms with Crippen molar-refractivity contribution in [1.29, 1.82) is 0 Å². The van der Waals surface area contributed by atoms with Gasteiger partial charge in [0, 0.05) is 6.04 Å². The summed E-state index contributed by atoms with van der Waals surface area (Å²) >= 11 is 0. The fourth-order valence-electron chi connectivity index (χ4n) is 6.35.